The summed E-state index contributed by atoms with van der Waals surface area (Å²) in [5.74, 6) is -0.0231. The van der Waals surface area contributed by atoms with Crippen molar-refractivity contribution in [3.63, 3.8) is 0 Å². The van der Waals surface area contributed by atoms with Crippen molar-refractivity contribution in [3.05, 3.63) is 65.2 Å². The van der Waals surface area contributed by atoms with E-state index in [1.807, 2.05) is 42.7 Å². The summed E-state index contributed by atoms with van der Waals surface area (Å²) in [5.41, 5.74) is 2.23. The smallest absolute Gasteiger partial charge is 0.253 e. The Hall–Kier alpha value is -2.25. The molecule has 0 atom stereocenters. The lowest BCUT2D eigenvalue weighted by molar-refractivity contribution is 0.0785. The minimum Gasteiger partial charge on any atom is -0.337 e. The third-order valence-electron chi connectivity index (χ3n) is 3.16. The Bertz CT molecular complexity index is 674. The van der Waals surface area contributed by atoms with Crippen molar-refractivity contribution >= 4 is 17.7 Å². The second-order valence-electron chi connectivity index (χ2n) is 4.70. The highest BCUT2D eigenvalue weighted by atomic mass is 32.2. The van der Waals surface area contributed by atoms with Crippen LogP contribution in [0.15, 0.2) is 53.4 Å². The Labute approximate surface area is 129 Å². The Morgan fingerprint density at radius 1 is 1.24 bits per heavy atom. The number of rotatable bonds is 4. The Morgan fingerprint density at radius 2 is 1.95 bits per heavy atom. The zero-order valence-electron chi connectivity index (χ0n) is 12.0. The van der Waals surface area contributed by atoms with Crippen LogP contribution in [-0.4, -0.2) is 24.1 Å². The molecule has 0 saturated carbocycles. The minimum atomic E-state index is -0.0231. The molecule has 0 aromatic heterocycles. The van der Waals surface area contributed by atoms with Crippen LogP contribution >= 0.6 is 11.8 Å². The number of carbonyl (C=O) groups is 1. The number of amides is 1. The van der Waals surface area contributed by atoms with Crippen LogP contribution in [0.2, 0.25) is 0 Å². The zero-order valence-corrected chi connectivity index (χ0v) is 12.9. The van der Waals surface area contributed by atoms with E-state index in [4.69, 9.17) is 5.26 Å². The predicted octanol–water partition coefficient (Wildman–Crippen LogP) is 3.55. The Morgan fingerprint density at radius 3 is 2.57 bits per heavy atom. The Kier molecular flexibility index (Phi) is 5.02. The molecule has 1 amide bonds. The summed E-state index contributed by atoms with van der Waals surface area (Å²) in [6, 6.07) is 17.0. The van der Waals surface area contributed by atoms with Gasteiger partial charge in [0.2, 0.25) is 0 Å². The molecule has 0 aliphatic rings. The van der Waals surface area contributed by atoms with Crippen molar-refractivity contribution in [2.24, 2.45) is 0 Å². The van der Waals surface area contributed by atoms with Crippen LogP contribution in [0.3, 0.4) is 0 Å². The molecule has 4 heteroatoms. The monoisotopic (exact) mass is 296 g/mol. The van der Waals surface area contributed by atoms with Gasteiger partial charge in [-0.15, -0.1) is 11.8 Å². The fourth-order valence-corrected chi connectivity index (χ4v) is 2.45. The van der Waals surface area contributed by atoms with Gasteiger partial charge in [0.25, 0.3) is 5.91 Å². The van der Waals surface area contributed by atoms with Gasteiger partial charge in [0.1, 0.15) is 0 Å². The maximum absolute atomic E-state index is 12.4. The number of nitrogens with zero attached hydrogens (tertiary/aromatic N) is 2. The van der Waals surface area contributed by atoms with Crippen LogP contribution in [0.25, 0.3) is 0 Å². The average molecular weight is 296 g/mol. The van der Waals surface area contributed by atoms with E-state index in [9.17, 15) is 4.79 Å². The van der Waals surface area contributed by atoms with E-state index in [1.54, 1.807) is 35.8 Å². The number of hydrogen-bond acceptors (Lipinski definition) is 3. The van der Waals surface area contributed by atoms with Gasteiger partial charge in [0.05, 0.1) is 11.6 Å². The van der Waals surface area contributed by atoms with Crippen molar-refractivity contribution in [1.82, 2.24) is 4.90 Å². The molecule has 0 fully saturated rings. The van der Waals surface area contributed by atoms with Crippen LogP contribution in [0.1, 0.15) is 21.5 Å². The first kappa shape index (κ1) is 15.1. The van der Waals surface area contributed by atoms with Gasteiger partial charge in [0, 0.05) is 24.1 Å². The normalized spacial score (nSPS) is 9.95. The van der Waals surface area contributed by atoms with Crippen molar-refractivity contribution in [2.75, 3.05) is 13.3 Å². The second kappa shape index (κ2) is 6.96. The maximum atomic E-state index is 12.4. The van der Waals surface area contributed by atoms with Gasteiger partial charge in [-0.2, -0.15) is 5.26 Å². The van der Waals surface area contributed by atoms with Crippen LogP contribution < -0.4 is 0 Å². The fourth-order valence-electron chi connectivity index (χ4n) is 2.04. The molecule has 2 aromatic carbocycles. The number of nitriles is 1. The number of hydrogen-bond donors (Lipinski definition) is 0. The molecule has 0 saturated heterocycles. The molecule has 0 radical (unpaired) electrons. The molecule has 21 heavy (non-hydrogen) atoms. The summed E-state index contributed by atoms with van der Waals surface area (Å²) in [7, 11) is 1.77. The average Bonchev–Trinajstić information content (AvgIpc) is 2.54. The second-order valence-corrected chi connectivity index (χ2v) is 5.58. The van der Waals surface area contributed by atoms with Crippen molar-refractivity contribution < 1.29 is 4.79 Å². The maximum Gasteiger partial charge on any atom is 0.253 e. The van der Waals surface area contributed by atoms with E-state index < -0.39 is 0 Å². The van der Waals surface area contributed by atoms with Gasteiger partial charge in [-0.3, -0.25) is 4.79 Å². The molecule has 2 rings (SSSR count). The topological polar surface area (TPSA) is 44.1 Å². The van der Waals surface area contributed by atoms with Crippen molar-refractivity contribution in [1.29, 1.82) is 5.26 Å². The summed E-state index contributed by atoms with van der Waals surface area (Å²) < 4.78 is 0. The molecular weight excluding hydrogens is 280 g/mol. The number of carbonyl (C=O) groups excluding carboxylic acids is 1. The SMILES string of the molecule is CSc1ccc(C(=O)N(C)Cc2cccc(C#N)c2)cc1. The van der Waals surface area contributed by atoms with E-state index in [0.717, 1.165) is 10.5 Å². The minimum absolute atomic E-state index is 0.0231. The molecule has 2 aromatic rings. The zero-order chi connectivity index (χ0) is 15.2. The summed E-state index contributed by atoms with van der Waals surface area (Å²) in [6.07, 6.45) is 2.01. The molecule has 0 unspecified atom stereocenters. The molecule has 0 aliphatic carbocycles. The molecule has 0 heterocycles. The largest absolute Gasteiger partial charge is 0.337 e. The molecule has 3 nitrogen and oxygen atoms in total. The van der Waals surface area contributed by atoms with Crippen LogP contribution in [0, 0.1) is 11.3 Å². The number of thioether (sulfide) groups is 1. The van der Waals surface area contributed by atoms with E-state index >= 15 is 0 Å². The fraction of sp³-hybridized carbons (Fsp3) is 0.176. The molecule has 106 valence electrons. The Balaban J connectivity index is 2.09. The summed E-state index contributed by atoms with van der Waals surface area (Å²) in [4.78, 5) is 15.1. The van der Waals surface area contributed by atoms with Crippen molar-refractivity contribution in [2.45, 2.75) is 11.4 Å². The quantitative estimate of drug-likeness (QED) is 0.810. The third kappa shape index (κ3) is 3.87. The highest BCUT2D eigenvalue weighted by molar-refractivity contribution is 7.98. The van der Waals surface area contributed by atoms with E-state index in [-0.39, 0.29) is 5.91 Å². The van der Waals surface area contributed by atoms with Gasteiger partial charge >= 0.3 is 0 Å². The van der Waals surface area contributed by atoms with E-state index in [2.05, 4.69) is 6.07 Å². The lowest BCUT2D eigenvalue weighted by Gasteiger charge is -2.17. The molecule has 0 N–H and O–H groups in total. The highest BCUT2D eigenvalue weighted by Crippen LogP contribution is 2.16. The van der Waals surface area contributed by atoms with Crippen molar-refractivity contribution in [3.8, 4) is 6.07 Å². The van der Waals surface area contributed by atoms with Crippen LogP contribution in [0.4, 0.5) is 0 Å². The van der Waals surface area contributed by atoms with E-state index in [0.29, 0.717) is 17.7 Å². The third-order valence-corrected chi connectivity index (χ3v) is 3.90. The summed E-state index contributed by atoms with van der Waals surface area (Å²) in [5, 5.41) is 8.90. The summed E-state index contributed by atoms with van der Waals surface area (Å²) in [6.45, 7) is 0.485. The van der Waals surface area contributed by atoms with Gasteiger partial charge in [-0.05, 0) is 48.2 Å². The van der Waals surface area contributed by atoms with Gasteiger partial charge in [-0.1, -0.05) is 12.1 Å². The van der Waals surface area contributed by atoms with Crippen LogP contribution in [0.5, 0.6) is 0 Å². The summed E-state index contributed by atoms with van der Waals surface area (Å²) >= 11 is 1.65. The first-order valence-electron chi connectivity index (χ1n) is 6.52. The van der Waals surface area contributed by atoms with Crippen LogP contribution in [-0.2, 0) is 6.54 Å². The van der Waals surface area contributed by atoms with Gasteiger partial charge < -0.3 is 4.90 Å². The van der Waals surface area contributed by atoms with E-state index in [1.165, 1.54) is 0 Å². The highest BCUT2D eigenvalue weighted by Gasteiger charge is 2.12. The van der Waals surface area contributed by atoms with Gasteiger partial charge in [0.15, 0.2) is 0 Å². The molecule has 0 bridgehead atoms. The molecular formula is C17H16N2OS. The predicted molar refractivity (Wildman–Crippen MR) is 85.2 cm³/mol. The molecule has 0 aliphatic heterocycles. The lowest BCUT2D eigenvalue weighted by atomic mass is 10.1. The standard InChI is InChI=1S/C17H16N2OS/c1-19(12-14-5-3-4-13(10-14)11-18)17(20)15-6-8-16(21-2)9-7-15/h3-10H,12H2,1-2H3. The van der Waals surface area contributed by atoms with Gasteiger partial charge in [-0.25, -0.2) is 0 Å². The number of benzene rings is 2. The lowest BCUT2D eigenvalue weighted by Crippen LogP contribution is -2.26. The first-order valence-corrected chi connectivity index (χ1v) is 7.75. The molecule has 0 spiro atoms. The first-order chi connectivity index (χ1) is 10.1.